The molecule has 0 aliphatic rings. The van der Waals surface area contributed by atoms with Gasteiger partial charge in [-0.05, 0) is 17.7 Å². The minimum atomic E-state index is -0.223. The Morgan fingerprint density at radius 3 is 2.62 bits per heavy atom. The summed E-state index contributed by atoms with van der Waals surface area (Å²) in [4.78, 5) is 0. The van der Waals surface area contributed by atoms with Gasteiger partial charge < -0.3 is 0 Å². The molecule has 0 heterocycles. The highest BCUT2D eigenvalue weighted by atomic mass is 19.1. The summed E-state index contributed by atoms with van der Waals surface area (Å²) in [6.07, 6.45) is 3.35. The molecule has 0 spiro atoms. The van der Waals surface area contributed by atoms with E-state index in [9.17, 15) is 4.39 Å². The second kappa shape index (κ2) is 4.44. The van der Waals surface area contributed by atoms with Crippen LogP contribution in [0.5, 0.6) is 0 Å². The highest BCUT2D eigenvalue weighted by molar-refractivity contribution is 5.29. The van der Waals surface area contributed by atoms with Crippen molar-refractivity contribution in [1.29, 1.82) is 0 Å². The van der Waals surface area contributed by atoms with Crippen molar-refractivity contribution in [3.8, 4) is 0 Å². The molecule has 13 heavy (non-hydrogen) atoms. The minimum Gasteiger partial charge on any atom is -0.207 e. The SMILES string of the molecule is C=C=C[C@H](C=C)c1ccccc1F. The molecule has 0 aliphatic carbocycles. The molecule has 0 aromatic heterocycles. The van der Waals surface area contributed by atoms with E-state index in [0.29, 0.717) is 5.56 Å². The van der Waals surface area contributed by atoms with Gasteiger partial charge in [0.15, 0.2) is 0 Å². The van der Waals surface area contributed by atoms with Crippen LogP contribution >= 0.6 is 0 Å². The molecule has 0 N–H and O–H groups in total. The van der Waals surface area contributed by atoms with Crippen molar-refractivity contribution in [2.75, 3.05) is 0 Å². The molecule has 1 aromatic carbocycles. The Bertz CT molecular complexity index is 346. The molecule has 0 amide bonds. The zero-order chi connectivity index (χ0) is 9.68. The lowest BCUT2D eigenvalue weighted by Gasteiger charge is -2.07. The molecule has 1 rings (SSSR count). The largest absolute Gasteiger partial charge is 0.207 e. The molecule has 0 nitrogen and oxygen atoms in total. The highest BCUT2D eigenvalue weighted by Gasteiger charge is 2.07. The Balaban J connectivity index is 3.11. The van der Waals surface area contributed by atoms with Gasteiger partial charge in [0, 0.05) is 5.92 Å². The maximum Gasteiger partial charge on any atom is 0.127 e. The van der Waals surface area contributed by atoms with Crippen LogP contribution in [-0.2, 0) is 0 Å². The van der Waals surface area contributed by atoms with E-state index in [4.69, 9.17) is 0 Å². The summed E-state index contributed by atoms with van der Waals surface area (Å²) < 4.78 is 13.2. The molecule has 0 saturated carbocycles. The van der Waals surface area contributed by atoms with Crippen molar-refractivity contribution >= 4 is 0 Å². The number of rotatable bonds is 3. The van der Waals surface area contributed by atoms with Gasteiger partial charge in [-0.3, -0.25) is 0 Å². The maximum atomic E-state index is 13.2. The summed E-state index contributed by atoms with van der Waals surface area (Å²) in [6.45, 7) is 7.08. The van der Waals surface area contributed by atoms with Crippen molar-refractivity contribution < 1.29 is 4.39 Å². The standard InChI is InChI=1S/C12H11F/c1-3-7-10(4-2)11-8-5-6-9-12(11)13/h4-10H,1-2H2/t10-/m0/s1. The third-order valence-electron chi connectivity index (χ3n) is 1.82. The van der Waals surface area contributed by atoms with Gasteiger partial charge in [0.05, 0.1) is 0 Å². The normalized spacial score (nSPS) is 11.5. The number of halogens is 1. The van der Waals surface area contributed by atoms with Crippen LogP contribution < -0.4 is 0 Å². The molecule has 0 fully saturated rings. The lowest BCUT2D eigenvalue weighted by molar-refractivity contribution is 0.610. The average Bonchev–Trinajstić information content (AvgIpc) is 2.16. The summed E-state index contributed by atoms with van der Waals surface area (Å²) in [5.41, 5.74) is 3.24. The topological polar surface area (TPSA) is 0 Å². The Hall–Kier alpha value is -1.59. The fourth-order valence-corrected chi connectivity index (χ4v) is 1.16. The molecule has 0 aliphatic heterocycles. The Kier molecular flexibility index (Phi) is 3.24. The average molecular weight is 174 g/mol. The number of benzene rings is 1. The molecule has 1 heteroatoms. The third kappa shape index (κ3) is 2.17. The van der Waals surface area contributed by atoms with Crippen molar-refractivity contribution in [2.24, 2.45) is 0 Å². The van der Waals surface area contributed by atoms with Gasteiger partial charge in [0.25, 0.3) is 0 Å². The summed E-state index contributed by atoms with van der Waals surface area (Å²) in [5.74, 6) is -0.363. The third-order valence-corrected chi connectivity index (χ3v) is 1.82. The van der Waals surface area contributed by atoms with Crippen LogP contribution in [0.4, 0.5) is 4.39 Å². The van der Waals surface area contributed by atoms with E-state index < -0.39 is 0 Å². The molecular formula is C12H11F. The van der Waals surface area contributed by atoms with Crippen LogP contribution in [0.15, 0.2) is 55.3 Å². The summed E-state index contributed by atoms with van der Waals surface area (Å²) >= 11 is 0. The van der Waals surface area contributed by atoms with Gasteiger partial charge in [0.2, 0.25) is 0 Å². The zero-order valence-corrected chi connectivity index (χ0v) is 7.33. The first kappa shape index (κ1) is 9.50. The minimum absolute atomic E-state index is 0.140. The molecule has 0 saturated heterocycles. The molecule has 1 aromatic rings. The van der Waals surface area contributed by atoms with Gasteiger partial charge in [-0.25, -0.2) is 4.39 Å². The number of hydrogen-bond donors (Lipinski definition) is 0. The quantitative estimate of drug-likeness (QED) is 0.486. The van der Waals surface area contributed by atoms with Crippen molar-refractivity contribution in [2.45, 2.75) is 5.92 Å². The van der Waals surface area contributed by atoms with Gasteiger partial charge in [0.1, 0.15) is 5.82 Å². The van der Waals surface area contributed by atoms with Crippen LogP contribution in [0.3, 0.4) is 0 Å². The summed E-state index contributed by atoms with van der Waals surface area (Å²) in [6, 6.07) is 6.63. The molecule has 66 valence electrons. The smallest absolute Gasteiger partial charge is 0.127 e. The van der Waals surface area contributed by atoms with Crippen LogP contribution in [0.25, 0.3) is 0 Å². The van der Waals surface area contributed by atoms with E-state index in [-0.39, 0.29) is 11.7 Å². The van der Waals surface area contributed by atoms with Crippen molar-refractivity contribution in [3.63, 3.8) is 0 Å². The molecular weight excluding hydrogens is 163 g/mol. The van der Waals surface area contributed by atoms with E-state index >= 15 is 0 Å². The van der Waals surface area contributed by atoms with Gasteiger partial charge >= 0.3 is 0 Å². The zero-order valence-electron chi connectivity index (χ0n) is 7.33. The first-order chi connectivity index (χ1) is 6.29. The van der Waals surface area contributed by atoms with Crippen molar-refractivity contribution in [1.82, 2.24) is 0 Å². The van der Waals surface area contributed by atoms with E-state index in [1.807, 2.05) is 0 Å². The van der Waals surface area contributed by atoms with E-state index in [0.717, 1.165) is 0 Å². The van der Waals surface area contributed by atoms with E-state index in [2.05, 4.69) is 18.9 Å². The molecule has 0 unspecified atom stereocenters. The second-order valence-corrected chi connectivity index (χ2v) is 2.65. The molecule has 1 atom stereocenters. The predicted molar refractivity (Wildman–Crippen MR) is 53.0 cm³/mol. The maximum absolute atomic E-state index is 13.2. The summed E-state index contributed by atoms with van der Waals surface area (Å²) in [5, 5.41) is 0. The van der Waals surface area contributed by atoms with Crippen LogP contribution in [0, 0.1) is 5.82 Å². The van der Waals surface area contributed by atoms with Gasteiger partial charge in [-0.2, -0.15) is 0 Å². The summed E-state index contributed by atoms with van der Waals surface area (Å²) in [7, 11) is 0. The second-order valence-electron chi connectivity index (χ2n) is 2.65. The number of hydrogen-bond acceptors (Lipinski definition) is 0. The van der Waals surface area contributed by atoms with Crippen LogP contribution in [-0.4, -0.2) is 0 Å². The molecule has 0 radical (unpaired) electrons. The Morgan fingerprint density at radius 1 is 1.38 bits per heavy atom. The lowest BCUT2D eigenvalue weighted by Crippen LogP contribution is -1.93. The predicted octanol–water partition coefficient (Wildman–Crippen LogP) is 3.44. The van der Waals surface area contributed by atoms with Crippen LogP contribution in [0.1, 0.15) is 11.5 Å². The fraction of sp³-hybridized carbons (Fsp3) is 0.0833. The van der Waals surface area contributed by atoms with Gasteiger partial charge in [-0.15, -0.1) is 12.3 Å². The molecule has 0 bridgehead atoms. The number of allylic oxidation sites excluding steroid dienone is 2. The lowest BCUT2D eigenvalue weighted by atomic mass is 9.99. The van der Waals surface area contributed by atoms with Gasteiger partial charge in [-0.1, -0.05) is 30.9 Å². The fourth-order valence-electron chi connectivity index (χ4n) is 1.16. The van der Waals surface area contributed by atoms with E-state index in [1.165, 1.54) is 6.07 Å². The first-order valence-electron chi connectivity index (χ1n) is 4.02. The van der Waals surface area contributed by atoms with Crippen molar-refractivity contribution in [3.05, 3.63) is 66.7 Å². The Morgan fingerprint density at radius 2 is 2.08 bits per heavy atom. The first-order valence-corrected chi connectivity index (χ1v) is 4.02. The van der Waals surface area contributed by atoms with E-state index in [1.54, 1.807) is 30.4 Å². The Labute approximate surface area is 77.7 Å². The monoisotopic (exact) mass is 174 g/mol. The van der Waals surface area contributed by atoms with Crippen LogP contribution in [0.2, 0.25) is 0 Å². The highest BCUT2D eigenvalue weighted by Crippen LogP contribution is 2.20.